The minimum atomic E-state index is -0.979. The Hall–Kier alpha value is -3.26. The molecule has 0 aliphatic heterocycles. The zero-order valence-corrected chi connectivity index (χ0v) is 13.8. The van der Waals surface area contributed by atoms with E-state index >= 15 is 0 Å². The summed E-state index contributed by atoms with van der Waals surface area (Å²) in [4.78, 5) is 4.36. The number of hydrogen-bond acceptors (Lipinski definition) is 3. The topological polar surface area (TPSA) is 62.7 Å². The van der Waals surface area contributed by atoms with Crippen LogP contribution in [-0.4, -0.2) is 4.98 Å². The van der Waals surface area contributed by atoms with Gasteiger partial charge in [0.2, 0.25) is 0 Å². The fourth-order valence-electron chi connectivity index (χ4n) is 2.81. The molecule has 3 aromatic rings. The summed E-state index contributed by atoms with van der Waals surface area (Å²) in [5.41, 5.74) is 10.2. The highest BCUT2D eigenvalue weighted by molar-refractivity contribution is 5.84. The number of halogens is 2. The molecule has 0 radical (unpaired) electrons. The van der Waals surface area contributed by atoms with Gasteiger partial charge in [0.15, 0.2) is 11.6 Å². The van der Waals surface area contributed by atoms with E-state index in [4.69, 9.17) is 5.73 Å². The normalized spacial score (nSPS) is 10.5. The Balaban J connectivity index is 2.31. The number of nitrogen functional groups attached to an aromatic ring is 1. The maximum atomic E-state index is 13.7. The van der Waals surface area contributed by atoms with Gasteiger partial charge in [0.1, 0.15) is 17.5 Å². The summed E-state index contributed by atoms with van der Waals surface area (Å²) in [6.45, 7) is 3.77. The first-order chi connectivity index (χ1) is 11.9. The number of nitrogens with zero attached hydrogens (tertiary/aromatic N) is 2. The summed E-state index contributed by atoms with van der Waals surface area (Å²) >= 11 is 0. The third kappa shape index (κ3) is 2.94. The van der Waals surface area contributed by atoms with Gasteiger partial charge in [-0.2, -0.15) is 5.26 Å². The van der Waals surface area contributed by atoms with Gasteiger partial charge in [-0.3, -0.25) is 0 Å². The second kappa shape index (κ2) is 6.33. The van der Waals surface area contributed by atoms with E-state index in [1.54, 1.807) is 6.92 Å². The molecule has 0 unspecified atom stereocenters. The largest absolute Gasteiger partial charge is 0.383 e. The summed E-state index contributed by atoms with van der Waals surface area (Å²) in [5.74, 6) is -1.86. The van der Waals surface area contributed by atoms with E-state index < -0.39 is 11.6 Å². The van der Waals surface area contributed by atoms with Crippen molar-refractivity contribution >= 4 is 5.82 Å². The predicted octanol–water partition coefficient (Wildman–Crippen LogP) is 4.76. The lowest BCUT2D eigenvalue weighted by Crippen LogP contribution is -2.03. The lowest BCUT2D eigenvalue weighted by Gasteiger charge is -2.15. The molecular formula is C20H15F2N3. The van der Waals surface area contributed by atoms with Crippen LogP contribution >= 0.6 is 0 Å². The van der Waals surface area contributed by atoms with E-state index in [1.165, 1.54) is 6.07 Å². The minimum absolute atomic E-state index is 0.0587. The van der Waals surface area contributed by atoms with Crippen molar-refractivity contribution in [2.24, 2.45) is 0 Å². The smallest absolute Gasteiger partial charge is 0.159 e. The Morgan fingerprint density at radius 3 is 2.20 bits per heavy atom. The molecule has 0 spiro atoms. The summed E-state index contributed by atoms with van der Waals surface area (Å²) in [6.07, 6.45) is 0. The Kier molecular flexibility index (Phi) is 4.20. The van der Waals surface area contributed by atoms with Gasteiger partial charge in [-0.15, -0.1) is 0 Å². The van der Waals surface area contributed by atoms with Crippen molar-refractivity contribution in [2.45, 2.75) is 13.8 Å². The summed E-state index contributed by atoms with van der Waals surface area (Å²) in [7, 11) is 0. The number of benzene rings is 2. The van der Waals surface area contributed by atoms with Crippen LogP contribution in [0.1, 0.15) is 16.7 Å². The Morgan fingerprint density at radius 1 is 0.960 bits per heavy atom. The van der Waals surface area contributed by atoms with E-state index in [9.17, 15) is 14.0 Å². The van der Waals surface area contributed by atoms with Gasteiger partial charge < -0.3 is 5.73 Å². The first kappa shape index (κ1) is 16.6. The SMILES string of the molecule is Cc1ccc(-c2nc(N)c(C#N)c(-c3ccc(F)c(F)c3)c2C)cc1. The molecule has 0 saturated heterocycles. The molecule has 0 aliphatic carbocycles. The third-order valence-electron chi connectivity index (χ3n) is 4.11. The Bertz CT molecular complexity index is 1000. The summed E-state index contributed by atoms with van der Waals surface area (Å²) < 4.78 is 27.0. The number of nitrogens with two attached hydrogens (primary N) is 1. The van der Waals surface area contributed by atoms with Crippen molar-refractivity contribution in [3.63, 3.8) is 0 Å². The third-order valence-corrected chi connectivity index (χ3v) is 4.11. The molecule has 124 valence electrons. The van der Waals surface area contributed by atoms with Gasteiger partial charge in [0, 0.05) is 11.1 Å². The van der Waals surface area contributed by atoms with Gasteiger partial charge in [0.25, 0.3) is 0 Å². The maximum Gasteiger partial charge on any atom is 0.159 e. The zero-order chi connectivity index (χ0) is 18.1. The van der Waals surface area contributed by atoms with Gasteiger partial charge in [-0.05, 0) is 37.1 Å². The van der Waals surface area contributed by atoms with Crippen LogP contribution in [0.3, 0.4) is 0 Å². The fraction of sp³-hybridized carbons (Fsp3) is 0.100. The zero-order valence-electron chi connectivity index (χ0n) is 13.8. The lowest BCUT2D eigenvalue weighted by molar-refractivity contribution is 0.509. The highest BCUT2D eigenvalue weighted by Crippen LogP contribution is 2.36. The number of nitriles is 1. The van der Waals surface area contributed by atoms with Crippen LogP contribution in [0, 0.1) is 36.8 Å². The van der Waals surface area contributed by atoms with E-state index in [1.807, 2.05) is 37.3 Å². The standard InChI is InChI=1S/C20H15F2N3/c1-11-3-5-13(6-4-11)19-12(2)18(15(10-23)20(24)25-19)14-7-8-16(21)17(22)9-14/h3-9H,1-2H3,(H2,24,25). The number of aromatic nitrogens is 1. The fourth-order valence-corrected chi connectivity index (χ4v) is 2.81. The van der Waals surface area contributed by atoms with E-state index in [2.05, 4.69) is 4.98 Å². The van der Waals surface area contributed by atoms with E-state index in [0.717, 1.165) is 23.3 Å². The monoisotopic (exact) mass is 335 g/mol. The van der Waals surface area contributed by atoms with Gasteiger partial charge >= 0.3 is 0 Å². The van der Waals surface area contributed by atoms with Gasteiger partial charge in [-0.1, -0.05) is 35.9 Å². The summed E-state index contributed by atoms with van der Waals surface area (Å²) in [5, 5.41) is 9.47. The molecule has 2 aromatic carbocycles. The quantitative estimate of drug-likeness (QED) is 0.734. The molecule has 1 heterocycles. The van der Waals surface area contributed by atoms with Crippen molar-refractivity contribution < 1.29 is 8.78 Å². The summed E-state index contributed by atoms with van der Waals surface area (Å²) in [6, 6.07) is 13.3. The van der Waals surface area contributed by atoms with E-state index in [0.29, 0.717) is 22.4 Å². The van der Waals surface area contributed by atoms with Crippen molar-refractivity contribution in [2.75, 3.05) is 5.73 Å². The van der Waals surface area contributed by atoms with Crippen LogP contribution < -0.4 is 5.73 Å². The molecule has 0 fully saturated rings. The molecule has 2 N–H and O–H groups in total. The number of rotatable bonds is 2. The average molecular weight is 335 g/mol. The molecule has 3 rings (SSSR count). The van der Waals surface area contributed by atoms with Gasteiger partial charge in [-0.25, -0.2) is 13.8 Å². The van der Waals surface area contributed by atoms with Crippen LogP contribution in [0.15, 0.2) is 42.5 Å². The minimum Gasteiger partial charge on any atom is -0.383 e. The second-order valence-electron chi connectivity index (χ2n) is 5.83. The Morgan fingerprint density at radius 2 is 1.60 bits per heavy atom. The van der Waals surface area contributed by atoms with Crippen molar-refractivity contribution in [3.8, 4) is 28.5 Å². The number of aryl methyl sites for hydroxylation is 1. The molecular weight excluding hydrogens is 320 g/mol. The Labute approximate surface area is 144 Å². The first-order valence-corrected chi connectivity index (χ1v) is 7.65. The second-order valence-corrected chi connectivity index (χ2v) is 5.83. The number of hydrogen-bond donors (Lipinski definition) is 1. The van der Waals surface area contributed by atoms with Crippen molar-refractivity contribution in [1.29, 1.82) is 5.26 Å². The first-order valence-electron chi connectivity index (χ1n) is 7.65. The van der Waals surface area contributed by atoms with E-state index in [-0.39, 0.29) is 11.4 Å². The van der Waals surface area contributed by atoms with Crippen molar-refractivity contribution in [3.05, 3.63) is 70.8 Å². The molecule has 25 heavy (non-hydrogen) atoms. The average Bonchev–Trinajstić information content (AvgIpc) is 2.59. The highest BCUT2D eigenvalue weighted by Gasteiger charge is 2.19. The molecule has 0 amide bonds. The lowest BCUT2D eigenvalue weighted by atomic mass is 9.92. The highest BCUT2D eigenvalue weighted by atomic mass is 19.2. The molecule has 5 heteroatoms. The predicted molar refractivity (Wildman–Crippen MR) is 93.6 cm³/mol. The molecule has 3 nitrogen and oxygen atoms in total. The van der Waals surface area contributed by atoms with Crippen LogP contribution in [-0.2, 0) is 0 Å². The molecule has 0 saturated carbocycles. The van der Waals surface area contributed by atoms with Gasteiger partial charge in [0.05, 0.1) is 5.69 Å². The maximum absolute atomic E-state index is 13.7. The number of anilines is 1. The number of pyridine rings is 1. The van der Waals surface area contributed by atoms with Crippen LogP contribution in [0.2, 0.25) is 0 Å². The van der Waals surface area contributed by atoms with Crippen LogP contribution in [0.4, 0.5) is 14.6 Å². The molecule has 0 bridgehead atoms. The molecule has 1 aromatic heterocycles. The molecule has 0 atom stereocenters. The van der Waals surface area contributed by atoms with Crippen LogP contribution in [0.25, 0.3) is 22.4 Å². The van der Waals surface area contributed by atoms with Crippen LogP contribution in [0.5, 0.6) is 0 Å². The molecule has 0 aliphatic rings. The van der Waals surface area contributed by atoms with Crippen molar-refractivity contribution in [1.82, 2.24) is 4.98 Å².